The molecule has 0 fully saturated rings. The summed E-state index contributed by atoms with van der Waals surface area (Å²) in [6.07, 6.45) is 1.77. The Bertz CT molecular complexity index is 2230. The molecule has 8 rings (SSSR count). The van der Waals surface area contributed by atoms with E-state index in [0.717, 1.165) is 72.4 Å². The third-order valence-electron chi connectivity index (χ3n) is 7.81. The van der Waals surface area contributed by atoms with Crippen LogP contribution in [-0.4, -0.2) is 24.9 Å². The molecule has 0 atom stereocenters. The minimum absolute atomic E-state index is 0.573. The maximum absolute atomic E-state index is 5.29. The molecule has 202 valence electrons. The predicted molar refractivity (Wildman–Crippen MR) is 174 cm³/mol. The van der Waals surface area contributed by atoms with Gasteiger partial charge in [-0.25, -0.2) is 15.0 Å². The highest BCUT2D eigenvalue weighted by molar-refractivity contribution is 6.10. The van der Waals surface area contributed by atoms with E-state index in [2.05, 4.69) is 89.9 Å². The minimum atomic E-state index is 0.573. The number of benzene rings is 4. The van der Waals surface area contributed by atoms with Crippen LogP contribution in [0.3, 0.4) is 0 Å². The van der Waals surface area contributed by atoms with E-state index >= 15 is 0 Å². The van der Waals surface area contributed by atoms with Gasteiger partial charge in [0.1, 0.15) is 5.69 Å². The molecule has 4 aromatic carbocycles. The van der Waals surface area contributed by atoms with Gasteiger partial charge in [0.2, 0.25) is 0 Å². The molecule has 0 radical (unpaired) electrons. The fraction of sp³-hybridized carbons (Fsp3) is 0.0263. The molecule has 0 amide bonds. The molecular weight excluding hydrogens is 526 g/mol. The lowest BCUT2D eigenvalue weighted by Gasteiger charge is -2.14. The van der Waals surface area contributed by atoms with Gasteiger partial charge in [-0.05, 0) is 48.0 Å². The smallest absolute Gasteiger partial charge is 0.179 e. The average molecular weight is 552 g/mol. The fourth-order valence-electron chi connectivity index (χ4n) is 5.72. The van der Waals surface area contributed by atoms with Crippen molar-refractivity contribution in [2.75, 3.05) is 0 Å². The molecule has 0 saturated carbocycles. The van der Waals surface area contributed by atoms with Gasteiger partial charge in [-0.2, -0.15) is 0 Å². The van der Waals surface area contributed by atoms with Crippen molar-refractivity contribution in [3.63, 3.8) is 0 Å². The molecule has 0 aliphatic carbocycles. The molecule has 0 aliphatic rings. The van der Waals surface area contributed by atoms with E-state index in [-0.39, 0.29) is 0 Å². The molecule has 4 heterocycles. The van der Waals surface area contributed by atoms with Crippen molar-refractivity contribution in [2.24, 2.45) is 0 Å². The molecule has 8 aromatic rings. The van der Waals surface area contributed by atoms with Crippen molar-refractivity contribution in [1.82, 2.24) is 24.9 Å². The molecule has 5 nitrogen and oxygen atoms in total. The molecule has 0 bridgehead atoms. The van der Waals surface area contributed by atoms with Crippen LogP contribution in [0.2, 0.25) is 0 Å². The van der Waals surface area contributed by atoms with Crippen molar-refractivity contribution in [3.05, 3.63) is 139 Å². The Kier molecular flexibility index (Phi) is 5.93. The summed E-state index contributed by atoms with van der Waals surface area (Å²) >= 11 is 0. The summed E-state index contributed by atoms with van der Waals surface area (Å²) in [6, 6.07) is 43.4. The number of pyridine rings is 3. The van der Waals surface area contributed by atoms with Gasteiger partial charge in [0.25, 0.3) is 0 Å². The van der Waals surface area contributed by atoms with E-state index < -0.39 is 0 Å². The zero-order valence-electron chi connectivity index (χ0n) is 23.4. The second-order valence-corrected chi connectivity index (χ2v) is 10.6. The maximum Gasteiger partial charge on any atom is 0.179 e. The summed E-state index contributed by atoms with van der Waals surface area (Å²) < 4.78 is 0. The molecule has 0 unspecified atom stereocenters. The van der Waals surface area contributed by atoms with Crippen molar-refractivity contribution in [2.45, 2.75) is 6.92 Å². The van der Waals surface area contributed by atoms with Gasteiger partial charge in [0.15, 0.2) is 5.82 Å². The Morgan fingerprint density at radius 1 is 0.442 bits per heavy atom. The summed E-state index contributed by atoms with van der Waals surface area (Å²) in [5, 5.41) is 4.35. The number of rotatable bonds is 4. The molecule has 0 saturated heterocycles. The lowest BCUT2D eigenvalue weighted by molar-refractivity contribution is 1.15. The lowest BCUT2D eigenvalue weighted by atomic mass is 9.96. The lowest BCUT2D eigenvalue weighted by Crippen LogP contribution is -1.99. The van der Waals surface area contributed by atoms with Gasteiger partial charge in [0, 0.05) is 39.4 Å². The maximum atomic E-state index is 5.29. The zero-order chi connectivity index (χ0) is 28.8. The van der Waals surface area contributed by atoms with Gasteiger partial charge >= 0.3 is 0 Å². The Morgan fingerprint density at radius 2 is 1.21 bits per heavy atom. The Labute approximate surface area is 248 Å². The second kappa shape index (κ2) is 10.2. The molecular formula is C38H25N5. The van der Waals surface area contributed by atoms with Crippen LogP contribution >= 0.6 is 0 Å². The first-order valence-electron chi connectivity index (χ1n) is 14.3. The summed E-state index contributed by atoms with van der Waals surface area (Å²) in [6.45, 7) is 2.02. The monoisotopic (exact) mass is 551 g/mol. The molecule has 43 heavy (non-hydrogen) atoms. The zero-order valence-corrected chi connectivity index (χ0v) is 23.4. The average Bonchev–Trinajstić information content (AvgIpc) is 3.08. The van der Waals surface area contributed by atoms with Crippen LogP contribution in [0, 0.1) is 6.92 Å². The van der Waals surface area contributed by atoms with Crippen LogP contribution in [0.4, 0.5) is 0 Å². The van der Waals surface area contributed by atoms with Gasteiger partial charge < -0.3 is 0 Å². The van der Waals surface area contributed by atoms with Gasteiger partial charge in [-0.1, -0.05) is 97.1 Å². The predicted octanol–water partition coefficient (Wildman–Crippen LogP) is 9.10. The van der Waals surface area contributed by atoms with Crippen molar-refractivity contribution in [1.29, 1.82) is 0 Å². The Balaban J connectivity index is 1.48. The van der Waals surface area contributed by atoms with E-state index in [1.807, 2.05) is 49.4 Å². The summed E-state index contributed by atoms with van der Waals surface area (Å²) in [5.74, 6) is 0.573. The van der Waals surface area contributed by atoms with Crippen LogP contribution in [0.25, 0.3) is 77.9 Å². The van der Waals surface area contributed by atoms with Gasteiger partial charge in [-0.3, -0.25) is 9.97 Å². The fourth-order valence-corrected chi connectivity index (χ4v) is 5.72. The minimum Gasteiger partial charge on any atom is -0.253 e. The number of aryl methyl sites for hydroxylation is 1. The molecule has 0 aliphatic heterocycles. The molecule has 0 spiro atoms. The Morgan fingerprint density at radius 3 is 2.09 bits per heavy atom. The third kappa shape index (κ3) is 4.48. The summed E-state index contributed by atoms with van der Waals surface area (Å²) in [7, 11) is 0. The first-order valence-corrected chi connectivity index (χ1v) is 14.3. The molecule has 4 aromatic heterocycles. The van der Waals surface area contributed by atoms with Crippen LogP contribution in [0.15, 0.2) is 134 Å². The van der Waals surface area contributed by atoms with E-state index in [1.165, 1.54) is 5.39 Å². The standard InChI is InChI=1S/C38H25N5/c1-24-17-18-27-19-20-30-31(22-34(41-37(30)36(27)40-24)29-15-9-13-25-10-5-6-14-28(25)29)35-23-33(26-11-3-2-4-12-26)42-38(43-35)32-16-7-8-21-39-32/h2-23H,1H3. The second-order valence-electron chi connectivity index (χ2n) is 10.6. The van der Waals surface area contributed by atoms with Crippen molar-refractivity contribution in [3.8, 4) is 45.3 Å². The first-order chi connectivity index (χ1) is 21.2. The van der Waals surface area contributed by atoms with E-state index in [1.54, 1.807) is 6.20 Å². The first kappa shape index (κ1) is 24.9. The summed E-state index contributed by atoms with van der Waals surface area (Å²) in [4.78, 5) is 24.9. The van der Waals surface area contributed by atoms with Crippen LogP contribution in [0.5, 0.6) is 0 Å². The number of hydrogen-bond donors (Lipinski definition) is 0. The van der Waals surface area contributed by atoms with E-state index in [4.69, 9.17) is 19.9 Å². The van der Waals surface area contributed by atoms with E-state index in [9.17, 15) is 0 Å². The van der Waals surface area contributed by atoms with Gasteiger partial charge in [-0.15, -0.1) is 0 Å². The summed E-state index contributed by atoms with van der Waals surface area (Å²) in [5.41, 5.74) is 8.94. The highest BCUT2D eigenvalue weighted by atomic mass is 14.9. The van der Waals surface area contributed by atoms with Crippen LogP contribution < -0.4 is 0 Å². The van der Waals surface area contributed by atoms with E-state index in [0.29, 0.717) is 5.82 Å². The number of hydrogen-bond acceptors (Lipinski definition) is 5. The molecule has 5 heteroatoms. The van der Waals surface area contributed by atoms with Crippen LogP contribution in [0.1, 0.15) is 5.69 Å². The van der Waals surface area contributed by atoms with Crippen molar-refractivity contribution < 1.29 is 0 Å². The SMILES string of the molecule is Cc1ccc2ccc3c(-c4cc(-c5ccccc5)nc(-c5ccccn5)n4)cc(-c4cccc5ccccc45)nc3c2n1. The topological polar surface area (TPSA) is 64.5 Å². The van der Waals surface area contributed by atoms with Crippen LogP contribution in [-0.2, 0) is 0 Å². The Hall–Kier alpha value is -5.81. The van der Waals surface area contributed by atoms with Crippen molar-refractivity contribution >= 4 is 32.6 Å². The largest absolute Gasteiger partial charge is 0.253 e. The van der Waals surface area contributed by atoms with Gasteiger partial charge in [0.05, 0.1) is 28.1 Å². The number of aromatic nitrogens is 5. The third-order valence-corrected chi connectivity index (χ3v) is 7.81. The normalized spacial score (nSPS) is 11.4. The molecule has 0 N–H and O–H groups in total. The highest BCUT2D eigenvalue weighted by Gasteiger charge is 2.18. The highest BCUT2D eigenvalue weighted by Crippen LogP contribution is 2.38. The number of fused-ring (bicyclic) bond motifs is 4. The quantitative estimate of drug-likeness (QED) is 0.204. The number of nitrogens with zero attached hydrogens (tertiary/aromatic N) is 5.